The average Bonchev–Trinajstić information content (AvgIpc) is 2.69. The number of carboxylic acids is 2. The van der Waals surface area contributed by atoms with Gasteiger partial charge in [0.1, 0.15) is 18.1 Å². The van der Waals surface area contributed by atoms with E-state index >= 15 is 0 Å². The lowest BCUT2D eigenvalue weighted by molar-refractivity contribution is -0.143. The van der Waals surface area contributed by atoms with Gasteiger partial charge in [-0.25, -0.2) is 4.79 Å². The highest BCUT2D eigenvalue weighted by Gasteiger charge is 2.27. The molecule has 4 atom stereocenters. The lowest BCUT2D eigenvalue weighted by Crippen LogP contribution is -2.54. The summed E-state index contributed by atoms with van der Waals surface area (Å²) in [5, 5.41) is 34.1. The Morgan fingerprint density at radius 1 is 0.969 bits per heavy atom. The number of carbonyl (C=O) groups is 5. The van der Waals surface area contributed by atoms with Crippen molar-refractivity contribution in [1.29, 1.82) is 0 Å². The number of hydrogen-bond acceptors (Lipinski definition) is 8. The Morgan fingerprint density at radius 3 is 2.09 bits per heavy atom. The van der Waals surface area contributed by atoms with Crippen LogP contribution in [-0.2, 0) is 24.0 Å². The highest BCUT2D eigenvalue weighted by Crippen LogP contribution is 2.03. The summed E-state index contributed by atoms with van der Waals surface area (Å²) in [4.78, 5) is 62.2. The first kappa shape index (κ1) is 28.5. The molecular formula is C17H31N7O8. The normalized spacial score (nSPS) is 14.2. The van der Waals surface area contributed by atoms with Crippen LogP contribution in [0, 0.1) is 0 Å². The van der Waals surface area contributed by atoms with Crippen LogP contribution < -0.4 is 33.2 Å². The van der Waals surface area contributed by atoms with Gasteiger partial charge in [0.25, 0.3) is 0 Å². The standard InChI is InChI=1S/C17H31N7O8/c1-8(25)13(18)15(30)22-7-11(26)23-9(4-5-12(27)28)14(29)24-10(16(31)32)3-2-6-21-17(19)20/h8-10,13,25H,2-7,18H2,1H3,(H,22,30)(H,23,26)(H,24,29)(H,27,28)(H,31,32)(H4,19,20,21). The molecule has 0 aliphatic carbocycles. The topological polar surface area (TPSA) is 273 Å². The Balaban J connectivity index is 5.01. The van der Waals surface area contributed by atoms with Crippen molar-refractivity contribution in [1.82, 2.24) is 16.0 Å². The molecule has 0 spiro atoms. The Kier molecular flexibility index (Phi) is 13.0. The molecule has 0 aliphatic heterocycles. The molecule has 0 fully saturated rings. The zero-order chi connectivity index (χ0) is 24.8. The first-order valence-electron chi connectivity index (χ1n) is 9.66. The number of nitrogens with zero attached hydrogens (tertiary/aromatic N) is 1. The van der Waals surface area contributed by atoms with Crippen LogP contribution in [0.3, 0.4) is 0 Å². The van der Waals surface area contributed by atoms with E-state index in [4.69, 9.17) is 22.3 Å². The summed E-state index contributed by atoms with van der Waals surface area (Å²) in [5.41, 5.74) is 15.8. The molecule has 3 amide bonds. The number of aliphatic carboxylic acids is 2. The Hall–Kier alpha value is -3.46. The van der Waals surface area contributed by atoms with Crippen LogP contribution in [0.1, 0.15) is 32.6 Å². The molecule has 12 N–H and O–H groups in total. The molecular weight excluding hydrogens is 430 g/mol. The molecule has 182 valence electrons. The minimum absolute atomic E-state index is 0.0231. The van der Waals surface area contributed by atoms with Crippen LogP contribution in [0.25, 0.3) is 0 Å². The number of carbonyl (C=O) groups excluding carboxylic acids is 3. The number of amides is 3. The fraction of sp³-hybridized carbons (Fsp3) is 0.647. The summed E-state index contributed by atoms with van der Waals surface area (Å²) in [6.45, 7) is 0.819. The second-order valence-corrected chi connectivity index (χ2v) is 6.88. The smallest absolute Gasteiger partial charge is 0.326 e. The summed E-state index contributed by atoms with van der Waals surface area (Å²) in [6, 6.07) is -3.98. The van der Waals surface area contributed by atoms with Crippen molar-refractivity contribution >= 4 is 35.6 Å². The first-order chi connectivity index (χ1) is 14.8. The number of rotatable bonds is 15. The minimum Gasteiger partial charge on any atom is -0.481 e. The zero-order valence-electron chi connectivity index (χ0n) is 17.6. The van der Waals surface area contributed by atoms with Crippen LogP contribution in [0.4, 0.5) is 0 Å². The van der Waals surface area contributed by atoms with Gasteiger partial charge in [0.05, 0.1) is 12.6 Å². The molecule has 0 saturated heterocycles. The van der Waals surface area contributed by atoms with E-state index in [2.05, 4.69) is 20.9 Å². The maximum absolute atomic E-state index is 12.5. The van der Waals surface area contributed by atoms with E-state index < -0.39 is 66.9 Å². The minimum atomic E-state index is -1.37. The van der Waals surface area contributed by atoms with E-state index in [1.807, 2.05) is 0 Å². The zero-order valence-corrected chi connectivity index (χ0v) is 17.6. The van der Waals surface area contributed by atoms with Crippen molar-refractivity contribution in [2.24, 2.45) is 22.2 Å². The van der Waals surface area contributed by atoms with E-state index in [9.17, 15) is 34.2 Å². The molecule has 0 aromatic carbocycles. The van der Waals surface area contributed by atoms with E-state index in [0.29, 0.717) is 0 Å². The molecule has 0 heterocycles. The van der Waals surface area contributed by atoms with Gasteiger partial charge in [0.15, 0.2) is 5.96 Å². The number of nitrogens with two attached hydrogens (primary N) is 3. The predicted octanol–water partition coefficient (Wildman–Crippen LogP) is -4.22. The molecule has 0 aliphatic rings. The molecule has 15 nitrogen and oxygen atoms in total. The highest BCUT2D eigenvalue weighted by molar-refractivity contribution is 5.92. The number of aliphatic imine (C=N–C) groups is 1. The van der Waals surface area contributed by atoms with Gasteiger partial charge in [-0.1, -0.05) is 0 Å². The monoisotopic (exact) mass is 461 g/mol. The molecule has 0 rings (SSSR count). The summed E-state index contributed by atoms with van der Waals surface area (Å²) in [7, 11) is 0. The maximum Gasteiger partial charge on any atom is 0.326 e. The number of aliphatic hydroxyl groups excluding tert-OH is 1. The predicted molar refractivity (Wildman–Crippen MR) is 111 cm³/mol. The van der Waals surface area contributed by atoms with Crippen molar-refractivity contribution in [3.8, 4) is 0 Å². The van der Waals surface area contributed by atoms with E-state index in [1.165, 1.54) is 6.92 Å². The molecule has 32 heavy (non-hydrogen) atoms. The van der Waals surface area contributed by atoms with E-state index in [0.717, 1.165) is 0 Å². The molecule has 15 heteroatoms. The molecule has 4 unspecified atom stereocenters. The van der Waals surface area contributed by atoms with Crippen LogP contribution in [-0.4, -0.2) is 88.3 Å². The van der Waals surface area contributed by atoms with Crippen LogP contribution >= 0.6 is 0 Å². The largest absolute Gasteiger partial charge is 0.481 e. The van der Waals surface area contributed by atoms with Gasteiger partial charge >= 0.3 is 11.9 Å². The third-order valence-electron chi connectivity index (χ3n) is 4.10. The third kappa shape index (κ3) is 12.3. The summed E-state index contributed by atoms with van der Waals surface area (Å²) < 4.78 is 0. The van der Waals surface area contributed by atoms with Crippen molar-refractivity contribution < 1.29 is 39.3 Å². The van der Waals surface area contributed by atoms with E-state index in [1.54, 1.807) is 0 Å². The molecule has 0 aromatic rings. The molecule has 0 radical (unpaired) electrons. The van der Waals surface area contributed by atoms with Gasteiger partial charge in [-0.05, 0) is 26.2 Å². The Morgan fingerprint density at radius 2 is 1.59 bits per heavy atom. The van der Waals surface area contributed by atoms with Gasteiger partial charge in [-0.3, -0.25) is 24.2 Å². The summed E-state index contributed by atoms with van der Waals surface area (Å²) >= 11 is 0. The number of nitrogens with one attached hydrogen (secondary N) is 3. The number of hydrogen-bond donors (Lipinski definition) is 9. The molecule has 0 bridgehead atoms. The Bertz CT molecular complexity index is 709. The Labute approximate surface area is 183 Å². The molecule has 0 saturated carbocycles. The summed E-state index contributed by atoms with van der Waals surface area (Å²) in [6.07, 6.45) is -1.76. The highest BCUT2D eigenvalue weighted by atomic mass is 16.4. The van der Waals surface area contributed by atoms with Gasteiger partial charge in [-0.2, -0.15) is 0 Å². The van der Waals surface area contributed by atoms with Crippen LogP contribution in [0.5, 0.6) is 0 Å². The van der Waals surface area contributed by atoms with Crippen molar-refractivity contribution in [3.05, 3.63) is 0 Å². The first-order valence-corrected chi connectivity index (χ1v) is 9.66. The van der Waals surface area contributed by atoms with Crippen LogP contribution in [0.2, 0.25) is 0 Å². The van der Waals surface area contributed by atoms with Gasteiger partial charge in [-0.15, -0.1) is 0 Å². The van der Waals surface area contributed by atoms with Crippen molar-refractivity contribution in [2.45, 2.75) is 56.8 Å². The van der Waals surface area contributed by atoms with Crippen molar-refractivity contribution in [2.75, 3.05) is 13.1 Å². The van der Waals surface area contributed by atoms with E-state index in [-0.39, 0.29) is 31.8 Å². The molecule has 0 aromatic heterocycles. The second kappa shape index (κ2) is 14.5. The van der Waals surface area contributed by atoms with Gasteiger partial charge in [0.2, 0.25) is 17.7 Å². The fourth-order valence-electron chi connectivity index (χ4n) is 2.32. The van der Waals surface area contributed by atoms with Gasteiger partial charge in [0, 0.05) is 13.0 Å². The SMILES string of the molecule is CC(O)C(N)C(=O)NCC(=O)NC(CCC(=O)O)C(=O)NC(CCCN=C(N)N)C(=O)O. The number of guanidine groups is 1. The van der Waals surface area contributed by atoms with Gasteiger partial charge < -0.3 is 48.5 Å². The fourth-order valence-corrected chi connectivity index (χ4v) is 2.32. The maximum atomic E-state index is 12.5. The van der Waals surface area contributed by atoms with Crippen LogP contribution in [0.15, 0.2) is 4.99 Å². The lowest BCUT2D eigenvalue weighted by atomic mass is 10.1. The third-order valence-corrected chi connectivity index (χ3v) is 4.10. The van der Waals surface area contributed by atoms with Crippen molar-refractivity contribution in [3.63, 3.8) is 0 Å². The number of aliphatic hydroxyl groups is 1. The summed E-state index contributed by atoms with van der Waals surface area (Å²) in [5.74, 6) is -5.32. The number of carboxylic acid groups (broad SMARTS) is 2. The lowest BCUT2D eigenvalue weighted by Gasteiger charge is -2.21. The average molecular weight is 461 g/mol. The quantitative estimate of drug-likeness (QED) is 0.0640. The second-order valence-electron chi connectivity index (χ2n) is 6.88.